The van der Waals surface area contributed by atoms with E-state index < -0.39 is 10.0 Å². The average molecular weight is 485 g/mol. The van der Waals surface area contributed by atoms with Crippen LogP contribution < -0.4 is 10.5 Å². The normalized spacial score (nSPS) is 15.2. The van der Waals surface area contributed by atoms with E-state index in [1.54, 1.807) is 24.5 Å². The monoisotopic (exact) mass is 484 g/mol. The van der Waals surface area contributed by atoms with E-state index in [1.165, 1.54) is 15.2 Å². The summed E-state index contributed by atoms with van der Waals surface area (Å²) in [5, 5.41) is 4.93. The molecule has 1 aliphatic rings. The van der Waals surface area contributed by atoms with Gasteiger partial charge in [-0.25, -0.2) is 18.1 Å². The Kier molecular flexibility index (Phi) is 5.65. The van der Waals surface area contributed by atoms with Crippen molar-refractivity contribution >= 4 is 38.3 Å². The fourth-order valence-electron chi connectivity index (χ4n) is 4.00. The molecule has 170 valence electrons. The quantitative estimate of drug-likeness (QED) is 0.466. The first kappa shape index (κ1) is 21.6. The second-order valence-corrected chi connectivity index (χ2v) is 10.0. The fraction of sp³-hybridized carbons (Fsp3) is 0.227. The third-order valence-corrected chi connectivity index (χ3v) is 8.05. The smallest absolute Gasteiger partial charge is 0.287 e. The molecule has 0 amide bonds. The Bertz CT molecular complexity index is 1460. The lowest BCUT2D eigenvalue weighted by Crippen LogP contribution is -2.49. The van der Waals surface area contributed by atoms with Gasteiger partial charge >= 0.3 is 0 Å². The van der Waals surface area contributed by atoms with Crippen LogP contribution >= 0.6 is 11.6 Å². The number of H-pyrrole nitrogens is 1. The number of aromatic nitrogens is 4. The molecule has 1 fully saturated rings. The predicted octanol–water partition coefficient (Wildman–Crippen LogP) is 2.33. The molecular formula is C22H21ClN6O3S. The molecule has 0 unspecified atom stereocenters. The van der Waals surface area contributed by atoms with Crippen molar-refractivity contribution < 1.29 is 8.42 Å². The number of nitrogens with one attached hydrogen (secondary N) is 1. The minimum atomic E-state index is -3.69. The number of rotatable bonds is 5. The summed E-state index contributed by atoms with van der Waals surface area (Å²) in [4.78, 5) is 21.9. The first-order chi connectivity index (χ1) is 15.9. The molecule has 9 nitrogen and oxygen atoms in total. The summed E-state index contributed by atoms with van der Waals surface area (Å²) >= 11 is 6.41. The fourth-order valence-corrected chi connectivity index (χ4v) is 5.84. The molecule has 0 spiro atoms. The molecular weight excluding hydrogens is 464 g/mol. The van der Waals surface area contributed by atoms with E-state index in [0.29, 0.717) is 36.4 Å². The minimum Gasteiger partial charge on any atom is -0.366 e. The number of fused-ring (bicyclic) bond motifs is 1. The van der Waals surface area contributed by atoms with E-state index in [1.807, 2.05) is 35.2 Å². The van der Waals surface area contributed by atoms with E-state index in [-0.39, 0.29) is 28.6 Å². The summed E-state index contributed by atoms with van der Waals surface area (Å²) in [7, 11) is -3.69. The van der Waals surface area contributed by atoms with E-state index >= 15 is 0 Å². The van der Waals surface area contributed by atoms with Gasteiger partial charge in [0.1, 0.15) is 15.6 Å². The van der Waals surface area contributed by atoms with Crippen LogP contribution in [-0.2, 0) is 16.6 Å². The molecule has 0 atom stereocenters. The van der Waals surface area contributed by atoms with Crippen LogP contribution in [0.2, 0.25) is 5.02 Å². The van der Waals surface area contributed by atoms with E-state index in [4.69, 9.17) is 11.6 Å². The van der Waals surface area contributed by atoms with Crippen molar-refractivity contribution in [1.29, 1.82) is 0 Å². The number of sulfonamides is 1. The average Bonchev–Trinajstić information content (AvgIpc) is 3.28. The molecule has 4 heterocycles. The second-order valence-electron chi connectivity index (χ2n) is 7.74. The lowest BCUT2D eigenvalue weighted by atomic mass is 10.2. The van der Waals surface area contributed by atoms with E-state index in [9.17, 15) is 13.2 Å². The number of pyridine rings is 1. The summed E-state index contributed by atoms with van der Waals surface area (Å²) < 4.78 is 29.2. The van der Waals surface area contributed by atoms with Crippen LogP contribution in [0.5, 0.6) is 0 Å². The second kappa shape index (κ2) is 8.62. The van der Waals surface area contributed by atoms with Crippen LogP contribution in [0.25, 0.3) is 11.0 Å². The Morgan fingerprint density at radius 1 is 1.03 bits per heavy atom. The van der Waals surface area contributed by atoms with Crippen molar-refractivity contribution in [3.8, 4) is 0 Å². The van der Waals surface area contributed by atoms with Crippen molar-refractivity contribution in [1.82, 2.24) is 24.1 Å². The molecule has 33 heavy (non-hydrogen) atoms. The molecule has 0 radical (unpaired) electrons. The summed E-state index contributed by atoms with van der Waals surface area (Å²) in [5.74, 6) is 0. The highest BCUT2D eigenvalue weighted by molar-refractivity contribution is 7.89. The predicted molar refractivity (Wildman–Crippen MR) is 126 cm³/mol. The zero-order chi connectivity index (χ0) is 23.0. The molecule has 11 heteroatoms. The first-order valence-electron chi connectivity index (χ1n) is 10.4. The van der Waals surface area contributed by atoms with E-state index in [0.717, 1.165) is 5.56 Å². The highest BCUT2D eigenvalue weighted by Gasteiger charge is 2.31. The molecule has 1 aromatic carbocycles. The van der Waals surface area contributed by atoms with Gasteiger partial charge in [-0.05, 0) is 17.7 Å². The van der Waals surface area contributed by atoms with Gasteiger partial charge in [-0.3, -0.25) is 4.79 Å². The number of anilines is 1. The van der Waals surface area contributed by atoms with Gasteiger partial charge in [0.2, 0.25) is 10.0 Å². The van der Waals surface area contributed by atoms with Gasteiger partial charge in [0.25, 0.3) is 5.56 Å². The van der Waals surface area contributed by atoms with Gasteiger partial charge in [0.15, 0.2) is 0 Å². The number of benzene rings is 1. The zero-order valence-corrected chi connectivity index (χ0v) is 19.1. The third kappa shape index (κ3) is 4.01. The highest BCUT2D eigenvalue weighted by atomic mass is 35.5. The van der Waals surface area contributed by atoms with Gasteiger partial charge in [0.05, 0.1) is 18.4 Å². The molecule has 5 rings (SSSR count). The largest absolute Gasteiger partial charge is 0.366 e. The van der Waals surface area contributed by atoms with Crippen molar-refractivity contribution in [2.24, 2.45) is 0 Å². The standard InChI is InChI=1S/C22H21ClN6O3S/c23-20-18(13-26-29(22(20)30)15-16-5-2-1-3-6-16)27-9-11-28(12-10-27)33(31,32)19-14-25-21-17(19)7-4-8-24-21/h1-8,13-14H,9-12,15H2,(H,24,25). The number of aromatic amines is 1. The van der Waals surface area contributed by atoms with Crippen LogP contribution in [0.1, 0.15) is 5.56 Å². The molecule has 1 N–H and O–H groups in total. The lowest BCUT2D eigenvalue weighted by molar-refractivity contribution is 0.385. The van der Waals surface area contributed by atoms with E-state index in [2.05, 4.69) is 15.1 Å². The molecule has 0 bridgehead atoms. The maximum absolute atomic E-state index is 13.2. The van der Waals surface area contributed by atoms with Crippen molar-refractivity contribution in [3.63, 3.8) is 0 Å². The maximum Gasteiger partial charge on any atom is 0.287 e. The molecule has 1 aliphatic heterocycles. The lowest BCUT2D eigenvalue weighted by Gasteiger charge is -2.35. The molecule has 4 aromatic rings. The van der Waals surface area contributed by atoms with Gasteiger partial charge < -0.3 is 9.88 Å². The zero-order valence-electron chi connectivity index (χ0n) is 17.6. The molecule has 0 aliphatic carbocycles. The van der Waals surface area contributed by atoms with Crippen LogP contribution in [0, 0.1) is 0 Å². The molecule has 0 saturated carbocycles. The van der Waals surface area contributed by atoms with Crippen molar-refractivity contribution in [2.75, 3.05) is 31.1 Å². The Hall–Kier alpha value is -3.21. The van der Waals surface area contributed by atoms with Gasteiger partial charge in [-0.15, -0.1) is 0 Å². The Morgan fingerprint density at radius 2 is 1.79 bits per heavy atom. The number of piperazine rings is 1. The molecule has 3 aromatic heterocycles. The first-order valence-corrected chi connectivity index (χ1v) is 12.2. The summed E-state index contributed by atoms with van der Waals surface area (Å²) in [5.41, 5.74) is 1.62. The number of halogens is 1. The summed E-state index contributed by atoms with van der Waals surface area (Å²) in [6.45, 7) is 1.63. The van der Waals surface area contributed by atoms with Gasteiger partial charge in [0, 0.05) is 44.0 Å². The Labute approximate surface area is 195 Å². The van der Waals surface area contributed by atoms with Crippen molar-refractivity contribution in [3.05, 3.63) is 82.0 Å². The summed E-state index contributed by atoms with van der Waals surface area (Å²) in [6, 6.07) is 13.0. The number of nitrogens with zero attached hydrogens (tertiary/aromatic N) is 5. The third-order valence-electron chi connectivity index (χ3n) is 5.75. The van der Waals surface area contributed by atoms with Crippen LogP contribution in [0.3, 0.4) is 0 Å². The number of hydrogen-bond donors (Lipinski definition) is 1. The highest BCUT2D eigenvalue weighted by Crippen LogP contribution is 2.27. The van der Waals surface area contributed by atoms with Crippen molar-refractivity contribution in [2.45, 2.75) is 11.4 Å². The number of hydrogen-bond acceptors (Lipinski definition) is 6. The maximum atomic E-state index is 13.2. The topological polar surface area (TPSA) is 104 Å². The summed E-state index contributed by atoms with van der Waals surface area (Å²) in [6.07, 6.45) is 4.66. The van der Waals surface area contributed by atoms with Crippen LogP contribution in [0.4, 0.5) is 5.69 Å². The van der Waals surface area contributed by atoms with Crippen LogP contribution in [-0.4, -0.2) is 58.7 Å². The van der Waals surface area contributed by atoms with Gasteiger partial charge in [-0.1, -0.05) is 41.9 Å². The Balaban J connectivity index is 1.33. The SMILES string of the molecule is O=c1c(Cl)c(N2CCN(S(=O)(=O)c3c[nH]c4ncccc34)CC2)cnn1Cc1ccccc1. The van der Waals surface area contributed by atoms with Gasteiger partial charge in [-0.2, -0.15) is 9.40 Å². The molecule has 1 saturated heterocycles. The van der Waals surface area contributed by atoms with Crippen LogP contribution in [0.15, 0.2) is 70.7 Å². The minimum absolute atomic E-state index is 0.0833. The Morgan fingerprint density at radius 3 is 2.55 bits per heavy atom.